The summed E-state index contributed by atoms with van der Waals surface area (Å²) in [7, 11) is 1.94. The zero-order valence-electron chi connectivity index (χ0n) is 15.6. The Morgan fingerprint density at radius 3 is 2.93 bits per heavy atom. The largest absolute Gasteiger partial charge is 0.491 e. The minimum absolute atomic E-state index is 0.239. The number of halogens is 1. The first-order chi connectivity index (χ1) is 13.5. The van der Waals surface area contributed by atoms with Crippen molar-refractivity contribution in [3.05, 3.63) is 53.6 Å². The zero-order valence-corrected chi connectivity index (χ0v) is 15.6. The Kier molecular flexibility index (Phi) is 3.59. The summed E-state index contributed by atoms with van der Waals surface area (Å²) >= 11 is 0. The standard InChI is InChI=1S/C20H20FN5O2/c1-12-11-28-16-4-3-13(21)9-15(16)20(6-7-20)25(2)17-5-8-26-18(24-17)14(10-22-26)19(27)23-12/h3-5,8-10,12H,6-7,11H2,1-2H3,(H,23,27)/t12-/m1/s1. The molecule has 3 aromatic rings. The van der Waals surface area contributed by atoms with E-state index in [4.69, 9.17) is 9.72 Å². The van der Waals surface area contributed by atoms with Crippen LogP contribution in [0.2, 0.25) is 0 Å². The van der Waals surface area contributed by atoms with Crippen molar-refractivity contribution < 1.29 is 13.9 Å². The van der Waals surface area contributed by atoms with Crippen molar-refractivity contribution in [1.29, 1.82) is 0 Å². The van der Waals surface area contributed by atoms with Crippen LogP contribution < -0.4 is 15.0 Å². The average molecular weight is 381 g/mol. The highest BCUT2D eigenvalue weighted by molar-refractivity contribution is 5.99. The van der Waals surface area contributed by atoms with E-state index in [1.165, 1.54) is 12.3 Å². The molecular formula is C20H20FN5O2. The lowest BCUT2D eigenvalue weighted by molar-refractivity contribution is 0.0928. The molecular weight excluding hydrogens is 361 g/mol. The molecule has 1 spiro atoms. The predicted molar refractivity (Wildman–Crippen MR) is 101 cm³/mol. The number of nitrogens with one attached hydrogen (secondary N) is 1. The summed E-state index contributed by atoms with van der Waals surface area (Å²) in [4.78, 5) is 19.4. The van der Waals surface area contributed by atoms with Crippen LogP contribution in [0, 0.1) is 5.82 Å². The molecule has 1 amide bonds. The summed E-state index contributed by atoms with van der Waals surface area (Å²) < 4.78 is 21.7. The summed E-state index contributed by atoms with van der Waals surface area (Å²) in [5, 5.41) is 7.14. The molecule has 0 radical (unpaired) electrons. The molecule has 7 nitrogen and oxygen atoms in total. The van der Waals surface area contributed by atoms with Crippen molar-refractivity contribution in [2.45, 2.75) is 31.3 Å². The number of anilines is 1. The van der Waals surface area contributed by atoms with Crippen molar-refractivity contribution in [3.63, 3.8) is 0 Å². The van der Waals surface area contributed by atoms with E-state index in [1.54, 1.807) is 22.8 Å². The second-order valence-electron chi connectivity index (χ2n) is 7.53. The number of aromatic nitrogens is 3. The lowest BCUT2D eigenvalue weighted by atomic mass is 10.0. The average Bonchev–Trinajstić information content (AvgIpc) is 3.38. The number of amides is 1. The van der Waals surface area contributed by atoms with Gasteiger partial charge in [-0.1, -0.05) is 0 Å². The van der Waals surface area contributed by atoms with Crippen LogP contribution >= 0.6 is 0 Å². The molecule has 1 N–H and O–H groups in total. The van der Waals surface area contributed by atoms with Crippen molar-refractivity contribution in [3.8, 4) is 5.75 Å². The first kappa shape index (κ1) is 17.0. The third-order valence-corrected chi connectivity index (χ3v) is 5.62. The van der Waals surface area contributed by atoms with Gasteiger partial charge in [0.2, 0.25) is 0 Å². The number of nitrogens with zero attached hydrogens (tertiary/aromatic N) is 4. The van der Waals surface area contributed by atoms with Crippen LogP contribution in [0.25, 0.3) is 5.65 Å². The molecule has 1 fully saturated rings. The molecule has 0 unspecified atom stereocenters. The second kappa shape index (κ2) is 5.92. The van der Waals surface area contributed by atoms with Gasteiger partial charge >= 0.3 is 0 Å². The molecule has 144 valence electrons. The molecule has 1 atom stereocenters. The highest BCUT2D eigenvalue weighted by Crippen LogP contribution is 2.54. The Bertz CT molecular complexity index is 1090. The number of carbonyl (C=O) groups is 1. The SMILES string of the molecule is C[C@@H]1COc2ccc(F)cc2C2(CC2)N(C)c2ccn3ncc(c3n2)C(=O)N1. The fraction of sp³-hybridized carbons (Fsp3) is 0.350. The molecule has 8 heteroatoms. The second-order valence-corrected chi connectivity index (χ2v) is 7.53. The number of hydrogen-bond donors (Lipinski definition) is 1. The number of rotatable bonds is 0. The van der Waals surface area contributed by atoms with Gasteiger partial charge in [-0.15, -0.1) is 0 Å². The Labute approximate surface area is 161 Å². The molecule has 1 aliphatic carbocycles. The van der Waals surface area contributed by atoms with Crippen LogP contribution in [0.1, 0.15) is 35.7 Å². The van der Waals surface area contributed by atoms with E-state index < -0.39 is 0 Å². The number of ether oxygens (including phenoxy) is 1. The summed E-state index contributed by atoms with van der Waals surface area (Å²) in [5.74, 6) is 0.782. The van der Waals surface area contributed by atoms with Crippen LogP contribution in [0.4, 0.5) is 10.2 Å². The van der Waals surface area contributed by atoms with E-state index in [0.717, 1.165) is 18.4 Å². The van der Waals surface area contributed by atoms with Gasteiger partial charge in [0.15, 0.2) is 5.65 Å². The summed E-state index contributed by atoms with van der Waals surface area (Å²) in [6, 6.07) is 6.22. The van der Waals surface area contributed by atoms with E-state index in [1.807, 2.05) is 24.9 Å². The number of carbonyl (C=O) groups excluding carboxylic acids is 1. The zero-order chi connectivity index (χ0) is 19.5. The Balaban J connectivity index is 1.70. The molecule has 1 aliphatic heterocycles. The maximum absolute atomic E-state index is 14.1. The van der Waals surface area contributed by atoms with Gasteiger partial charge < -0.3 is 15.0 Å². The number of hydrogen-bond acceptors (Lipinski definition) is 5. The van der Waals surface area contributed by atoms with E-state index in [-0.39, 0.29) is 29.9 Å². The van der Waals surface area contributed by atoms with E-state index in [0.29, 0.717) is 22.8 Å². The van der Waals surface area contributed by atoms with Crippen molar-refractivity contribution >= 4 is 17.4 Å². The Hall–Kier alpha value is -3.16. The highest BCUT2D eigenvalue weighted by Gasteiger charge is 2.50. The maximum atomic E-state index is 14.1. The minimum Gasteiger partial charge on any atom is -0.491 e. The monoisotopic (exact) mass is 381 g/mol. The number of benzene rings is 1. The molecule has 3 heterocycles. The summed E-state index contributed by atoms with van der Waals surface area (Å²) in [5.41, 5.74) is 1.33. The van der Waals surface area contributed by atoms with Crippen LogP contribution in [-0.2, 0) is 5.54 Å². The van der Waals surface area contributed by atoms with E-state index in [2.05, 4.69) is 10.4 Å². The predicted octanol–water partition coefficient (Wildman–Crippen LogP) is 2.50. The van der Waals surface area contributed by atoms with Gasteiger partial charge in [0.1, 0.15) is 29.6 Å². The van der Waals surface area contributed by atoms with Gasteiger partial charge in [0.25, 0.3) is 5.91 Å². The van der Waals surface area contributed by atoms with E-state index >= 15 is 0 Å². The van der Waals surface area contributed by atoms with Gasteiger partial charge in [-0.05, 0) is 44.0 Å². The third kappa shape index (κ3) is 2.51. The summed E-state index contributed by atoms with van der Waals surface area (Å²) in [6.45, 7) is 2.14. The lowest BCUT2D eigenvalue weighted by Gasteiger charge is -2.31. The van der Waals surface area contributed by atoms with E-state index in [9.17, 15) is 9.18 Å². The fourth-order valence-electron chi connectivity index (χ4n) is 3.88. The van der Waals surface area contributed by atoms with Gasteiger partial charge in [-0.25, -0.2) is 13.9 Å². The molecule has 5 rings (SSSR count). The third-order valence-electron chi connectivity index (χ3n) is 5.62. The molecule has 1 aromatic carbocycles. The van der Waals surface area contributed by atoms with Gasteiger partial charge in [-0.2, -0.15) is 5.10 Å². The van der Waals surface area contributed by atoms with Crippen molar-refractivity contribution in [1.82, 2.24) is 19.9 Å². The van der Waals surface area contributed by atoms with Crippen LogP contribution in [0.5, 0.6) is 5.75 Å². The van der Waals surface area contributed by atoms with Gasteiger partial charge in [0.05, 0.1) is 17.8 Å². The summed E-state index contributed by atoms with van der Waals surface area (Å²) in [6.07, 6.45) is 5.04. The van der Waals surface area contributed by atoms with Crippen LogP contribution in [-0.4, -0.2) is 40.2 Å². The van der Waals surface area contributed by atoms with Crippen molar-refractivity contribution in [2.75, 3.05) is 18.6 Å². The Morgan fingerprint density at radius 2 is 2.14 bits per heavy atom. The molecule has 2 bridgehead atoms. The van der Waals surface area contributed by atoms with Crippen LogP contribution in [0.3, 0.4) is 0 Å². The van der Waals surface area contributed by atoms with Crippen molar-refractivity contribution in [2.24, 2.45) is 0 Å². The quantitative estimate of drug-likeness (QED) is 0.648. The topological polar surface area (TPSA) is 71.8 Å². The fourth-order valence-corrected chi connectivity index (χ4v) is 3.88. The van der Waals surface area contributed by atoms with Crippen LogP contribution in [0.15, 0.2) is 36.7 Å². The molecule has 28 heavy (non-hydrogen) atoms. The highest BCUT2D eigenvalue weighted by atomic mass is 19.1. The number of fused-ring (bicyclic) bond motifs is 3. The maximum Gasteiger partial charge on any atom is 0.257 e. The smallest absolute Gasteiger partial charge is 0.257 e. The molecule has 0 saturated heterocycles. The van der Waals surface area contributed by atoms with Gasteiger partial charge in [0, 0.05) is 18.8 Å². The molecule has 2 aromatic heterocycles. The minimum atomic E-state index is -0.377. The Morgan fingerprint density at radius 1 is 1.32 bits per heavy atom. The first-order valence-corrected chi connectivity index (χ1v) is 9.30. The normalized spacial score (nSPS) is 20.8. The molecule has 1 saturated carbocycles. The molecule has 2 aliphatic rings. The first-order valence-electron chi connectivity index (χ1n) is 9.30. The lowest BCUT2D eigenvalue weighted by Crippen LogP contribution is -2.37. The van der Waals surface area contributed by atoms with Gasteiger partial charge in [-0.3, -0.25) is 4.79 Å².